The van der Waals surface area contributed by atoms with Crippen LogP contribution in [0.1, 0.15) is 18.3 Å². The van der Waals surface area contributed by atoms with Gasteiger partial charge in [-0.3, -0.25) is 4.79 Å². The van der Waals surface area contributed by atoms with Gasteiger partial charge in [0.1, 0.15) is 17.2 Å². The molecule has 0 atom stereocenters. The number of nitrogens with zero attached hydrogens (tertiary/aromatic N) is 4. The number of nitrogens with one attached hydrogen (secondary N) is 1. The Morgan fingerprint density at radius 1 is 1.19 bits per heavy atom. The van der Waals surface area contributed by atoms with Crippen LogP contribution in [-0.4, -0.2) is 39.8 Å². The predicted octanol–water partition coefficient (Wildman–Crippen LogP) is 2.56. The first kappa shape index (κ1) is 18.4. The molecule has 0 spiro atoms. The lowest BCUT2D eigenvalue weighted by atomic mass is 10.1. The number of benzene rings is 2. The molecule has 0 unspecified atom stereocenters. The van der Waals surface area contributed by atoms with Crippen molar-refractivity contribution in [2.24, 2.45) is 0 Å². The highest BCUT2D eigenvalue weighted by Crippen LogP contribution is 2.26. The zero-order valence-corrected chi connectivity index (χ0v) is 15.5. The van der Waals surface area contributed by atoms with Crippen molar-refractivity contribution >= 4 is 11.6 Å². The fraction of sp³-hybridized carbons (Fsp3) is 0.263. The summed E-state index contributed by atoms with van der Waals surface area (Å²) in [5.41, 5.74) is 2.29. The zero-order valence-electron chi connectivity index (χ0n) is 15.5. The molecule has 0 aliphatic heterocycles. The van der Waals surface area contributed by atoms with E-state index in [2.05, 4.69) is 20.8 Å². The maximum atomic E-state index is 12.3. The van der Waals surface area contributed by atoms with Crippen LogP contribution in [0.2, 0.25) is 0 Å². The van der Waals surface area contributed by atoms with E-state index in [1.54, 1.807) is 36.9 Å². The van der Waals surface area contributed by atoms with Gasteiger partial charge in [0.05, 0.1) is 7.11 Å². The molecule has 8 heteroatoms. The molecule has 0 fully saturated rings. The fourth-order valence-corrected chi connectivity index (χ4v) is 2.66. The summed E-state index contributed by atoms with van der Waals surface area (Å²) >= 11 is 0. The average molecular weight is 367 g/mol. The van der Waals surface area contributed by atoms with Gasteiger partial charge in [-0.1, -0.05) is 25.1 Å². The molecule has 27 heavy (non-hydrogen) atoms. The maximum absolute atomic E-state index is 12.3. The fourth-order valence-electron chi connectivity index (χ4n) is 2.66. The molecule has 1 N–H and O–H groups in total. The predicted molar refractivity (Wildman–Crippen MR) is 100 cm³/mol. The van der Waals surface area contributed by atoms with Gasteiger partial charge < -0.3 is 14.8 Å². The second kappa shape index (κ2) is 8.31. The number of methoxy groups -OCH3 is 1. The molecule has 0 aliphatic rings. The Balaban J connectivity index is 1.72. The minimum Gasteiger partial charge on any atom is -0.494 e. The minimum absolute atomic E-state index is 0.0811. The van der Waals surface area contributed by atoms with Gasteiger partial charge in [0, 0.05) is 5.69 Å². The first-order valence-corrected chi connectivity index (χ1v) is 8.56. The molecule has 0 bridgehead atoms. The van der Waals surface area contributed by atoms with Crippen molar-refractivity contribution in [3.05, 3.63) is 53.9 Å². The minimum atomic E-state index is -0.259. The number of anilines is 1. The van der Waals surface area contributed by atoms with Crippen LogP contribution in [-0.2, 0) is 11.2 Å². The van der Waals surface area contributed by atoms with E-state index in [1.807, 2.05) is 31.2 Å². The zero-order chi connectivity index (χ0) is 19.2. The van der Waals surface area contributed by atoms with Crippen LogP contribution in [0.4, 0.5) is 5.69 Å². The van der Waals surface area contributed by atoms with E-state index in [-0.39, 0.29) is 12.5 Å². The number of tetrazole rings is 1. The highest BCUT2D eigenvalue weighted by atomic mass is 16.5. The van der Waals surface area contributed by atoms with Gasteiger partial charge in [0.2, 0.25) is 0 Å². The highest BCUT2D eigenvalue weighted by molar-refractivity contribution is 5.92. The van der Waals surface area contributed by atoms with Crippen LogP contribution in [0.5, 0.6) is 11.5 Å². The lowest BCUT2D eigenvalue weighted by molar-refractivity contribution is -0.118. The molecular weight excluding hydrogens is 346 g/mol. The number of hydrogen-bond acceptors (Lipinski definition) is 6. The van der Waals surface area contributed by atoms with Gasteiger partial charge in [-0.15, -0.1) is 5.10 Å². The molecule has 1 heterocycles. The molecular formula is C19H21N5O3. The Morgan fingerprint density at radius 3 is 2.70 bits per heavy atom. The molecule has 8 nitrogen and oxygen atoms in total. The number of rotatable bonds is 7. The standard InChI is InChI=1S/C19H21N5O3/c1-4-14-7-5-6-8-17(14)27-12-19(25)20-15-9-10-18(26-3)16(11-15)24-13(2)21-22-23-24/h5-11H,4,12H2,1-3H3,(H,20,25). The van der Waals surface area contributed by atoms with Crippen molar-refractivity contribution in [1.82, 2.24) is 20.2 Å². The van der Waals surface area contributed by atoms with E-state index in [4.69, 9.17) is 9.47 Å². The summed E-state index contributed by atoms with van der Waals surface area (Å²) in [4.78, 5) is 12.3. The number of hydrogen-bond donors (Lipinski definition) is 1. The summed E-state index contributed by atoms with van der Waals surface area (Å²) < 4.78 is 12.6. The first-order valence-electron chi connectivity index (χ1n) is 8.56. The monoisotopic (exact) mass is 367 g/mol. The molecule has 2 aromatic carbocycles. The smallest absolute Gasteiger partial charge is 0.262 e. The number of para-hydroxylation sites is 1. The summed E-state index contributed by atoms with van der Waals surface area (Å²) in [6.45, 7) is 3.74. The van der Waals surface area contributed by atoms with Gasteiger partial charge >= 0.3 is 0 Å². The Bertz CT molecular complexity index is 939. The van der Waals surface area contributed by atoms with E-state index in [0.717, 1.165) is 17.7 Å². The highest BCUT2D eigenvalue weighted by Gasteiger charge is 2.13. The van der Waals surface area contributed by atoms with Crippen molar-refractivity contribution in [3.8, 4) is 17.2 Å². The van der Waals surface area contributed by atoms with Gasteiger partial charge in [-0.05, 0) is 53.6 Å². The van der Waals surface area contributed by atoms with E-state index in [9.17, 15) is 4.79 Å². The Kier molecular flexibility index (Phi) is 5.65. The Labute approximate surface area is 157 Å². The van der Waals surface area contributed by atoms with Crippen LogP contribution in [0, 0.1) is 6.92 Å². The maximum Gasteiger partial charge on any atom is 0.262 e. The normalized spacial score (nSPS) is 10.5. The topological polar surface area (TPSA) is 91.2 Å². The second-order valence-corrected chi connectivity index (χ2v) is 5.82. The molecule has 0 saturated carbocycles. The number of ether oxygens (including phenoxy) is 2. The lowest BCUT2D eigenvalue weighted by Gasteiger charge is -2.13. The number of amides is 1. The van der Waals surface area contributed by atoms with Gasteiger partial charge in [0.25, 0.3) is 5.91 Å². The van der Waals surface area contributed by atoms with Crippen molar-refractivity contribution in [2.75, 3.05) is 19.0 Å². The van der Waals surface area contributed by atoms with Crippen molar-refractivity contribution in [1.29, 1.82) is 0 Å². The third-order valence-corrected chi connectivity index (χ3v) is 4.03. The van der Waals surface area contributed by atoms with Crippen LogP contribution < -0.4 is 14.8 Å². The quantitative estimate of drug-likeness (QED) is 0.690. The van der Waals surface area contributed by atoms with Crippen molar-refractivity contribution in [2.45, 2.75) is 20.3 Å². The van der Waals surface area contributed by atoms with Crippen LogP contribution >= 0.6 is 0 Å². The molecule has 140 valence electrons. The van der Waals surface area contributed by atoms with E-state index in [0.29, 0.717) is 22.9 Å². The molecule has 0 saturated heterocycles. The molecule has 0 radical (unpaired) electrons. The number of carbonyl (C=O) groups excluding carboxylic acids is 1. The molecule has 1 amide bonds. The summed E-state index contributed by atoms with van der Waals surface area (Å²) in [7, 11) is 1.57. The molecule has 3 rings (SSSR count). The second-order valence-electron chi connectivity index (χ2n) is 5.82. The van der Waals surface area contributed by atoms with Gasteiger partial charge in [-0.2, -0.15) is 4.68 Å². The van der Waals surface area contributed by atoms with Crippen LogP contribution in [0.25, 0.3) is 5.69 Å². The van der Waals surface area contributed by atoms with Crippen molar-refractivity contribution < 1.29 is 14.3 Å². The van der Waals surface area contributed by atoms with Crippen LogP contribution in [0.15, 0.2) is 42.5 Å². The SMILES string of the molecule is CCc1ccccc1OCC(=O)Nc1ccc(OC)c(-n2nnnc2C)c1. The van der Waals surface area contributed by atoms with Gasteiger partial charge in [-0.25, -0.2) is 0 Å². The molecule has 1 aromatic heterocycles. The number of aryl methyl sites for hydroxylation is 2. The average Bonchev–Trinajstić information content (AvgIpc) is 3.12. The van der Waals surface area contributed by atoms with E-state index >= 15 is 0 Å². The summed E-state index contributed by atoms with van der Waals surface area (Å²) in [5.74, 6) is 1.66. The Morgan fingerprint density at radius 2 is 2.00 bits per heavy atom. The summed E-state index contributed by atoms with van der Waals surface area (Å²) in [5, 5.41) is 14.3. The number of aromatic nitrogens is 4. The Hall–Kier alpha value is -3.42. The molecule has 0 aliphatic carbocycles. The molecule has 3 aromatic rings. The lowest BCUT2D eigenvalue weighted by Crippen LogP contribution is -2.20. The summed E-state index contributed by atoms with van der Waals surface area (Å²) in [6.07, 6.45) is 0.838. The van der Waals surface area contributed by atoms with E-state index < -0.39 is 0 Å². The van der Waals surface area contributed by atoms with Crippen molar-refractivity contribution in [3.63, 3.8) is 0 Å². The number of carbonyl (C=O) groups is 1. The van der Waals surface area contributed by atoms with Crippen LogP contribution in [0.3, 0.4) is 0 Å². The largest absolute Gasteiger partial charge is 0.494 e. The summed E-state index contributed by atoms with van der Waals surface area (Å²) in [6, 6.07) is 12.9. The first-order chi connectivity index (χ1) is 13.1. The van der Waals surface area contributed by atoms with Gasteiger partial charge in [0.15, 0.2) is 12.4 Å². The third kappa shape index (κ3) is 4.22. The van der Waals surface area contributed by atoms with E-state index in [1.165, 1.54) is 0 Å². The third-order valence-electron chi connectivity index (χ3n) is 4.03.